The first-order valence-electron chi connectivity index (χ1n) is 6.56. The lowest BCUT2D eigenvalue weighted by Crippen LogP contribution is -2.21. The van der Waals surface area contributed by atoms with E-state index in [9.17, 15) is 0 Å². The van der Waals surface area contributed by atoms with Crippen molar-refractivity contribution in [3.8, 4) is 11.3 Å². The first-order chi connectivity index (χ1) is 9.21. The standard InChI is InChI=1S/C15H17BrN2S/c1-17-10-15(5-6-15)8-14-18-13(9-19-14)11-3-2-4-12(16)7-11/h2-4,7,9,17H,5-6,8,10H2,1H3. The Morgan fingerprint density at radius 1 is 1.42 bits per heavy atom. The first kappa shape index (κ1) is 13.3. The fourth-order valence-electron chi connectivity index (χ4n) is 2.46. The second-order valence-electron chi connectivity index (χ2n) is 5.34. The first-order valence-corrected chi connectivity index (χ1v) is 8.23. The van der Waals surface area contributed by atoms with Crippen molar-refractivity contribution in [1.82, 2.24) is 10.3 Å². The van der Waals surface area contributed by atoms with Crippen LogP contribution in [0.25, 0.3) is 11.3 Å². The third-order valence-corrected chi connectivity index (χ3v) is 5.05. The van der Waals surface area contributed by atoms with E-state index in [-0.39, 0.29) is 0 Å². The van der Waals surface area contributed by atoms with Crippen molar-refractivity contribution in [3.63, 3.8) is 0 Å². The molecule has 0 unspecified atom stereocenters. The van der Waals surface area contributed by atoms with Gasteiger partial charge < -0.3 is 5.32 Å². The number of rotatable bonds is 5. The van der Waals surface area contributed by atoms with Crippen LogP contribution in [0.1, 0.15) is 17.8 Å². The van der Waals surface area contributed by atoms with Gasteiger partial charge >= 0.3 is 0 Å². The van der Waals surface area contributed by atoms with Crippen LogP contribution in [-0.2, 0) is 6.42 Å². The van der Waals surface area contributed by atoms with Gasteiger partial charge in [0.25, 0.3) is 0 Å². The molecule has 0 atom stereocenters. The molecule has 0 radical (unpaired) electrons. The number of hydrogen-bond donors (Lipinski definition) is 1. The average Bonchev–Trinajstić information content (AvgIpc) is 2.98. The van der Waals surface area contributed by atoms with E-state index in [2.05, 4.69) is 44.8 Å². The van der Waals surface area contributed by atoms with Gasteiger partial charge in [-0.2, -0.15) is 0 Å². The average molecular weight is 337 g/mol. The molecule has 1 heterocycles. The number of halogens is 1. The van der Waals surface area contributed by atoms with Crippen LogP contribution in [0.2, 0.25) is 0 Å². The number of nitrogens with one attached hydrogen (secondary N) is 1. The van der Waals surface area contributed by atoms with Crippen molar-refractivity contribution in [1.29, 1.82) is 0 Å². The summed E-state index contributed by atoms with van der Waals surface area (Å²) in [5.41, 5.74) is 2.78. The zero-order valence-corrected chi connectivity index (χ0v) is 13.4. The zero-order valence-electron chi connectivity index (χ0n) is 10.9. The van der Waals surface area contributed by atoms with E-state index < -0.39 is 0 Å². The molecule has 1 saturated carbocycles. The molecule has 19 heavy (non-hydrogen) atoms. The third kappa shape index (κ3) is 3.07. The molecule has 0 spiro atoms. The summed E-state index contributed by atoms with van der Waals surface area (Å²) in [5.74, 6) is 0. The normalized spacial score (nSPS) is 16.5. The molecule has 0 bridgehead atoms. The number of benzene rings is 1. The van der Waals surface area contributed by atoms with Gasteiger partial charge in [-0.3, -0.25) is 0 Å². The summed E-state index contributed by atoms with van der Waals surface area (Å²) in [6.45, 7) is 1.11. The second-order valence-corrected chi connectivity index (χ2v) is 7.20. The highest BCUT2D eigenvalue weighted by atomic mass is 79.9. The Kier molecular flexibility index (Phi) is 3.74. The fraction of sp³-hybridized carbons (Fsp3) is 0.400. The van der Waals surface area contributed by atoms with E-state index >= 15 is 0 Å². The van der Waals surface area contributed by atoms with Crippen LogP contribution >= 0.6 is 27.3 Å². The zero-order chi connectivity index (χ0) is 13.3. The number of thiazole rings is 1. The van der Waals surface area contributed by atoms with E-state index in [0.717, 1.165) is 23.1 Å². The van der Waals surface area contributed by atoms with Gasteiger partial charge in [-0.25, -0.2) is 4.98 Å². The summed E-state index contributed by atoms with van der Waals surface area (Å²) in [7, 11) is 2.04. The maximum Gasteiger partial charge on any atom is 0.0938 e. The second kappa shape index (κ2) is 5.35. The lowest BCUT2D eigenvalue weighted by atomic mass is 10.0. The summed E-state index contributed by atoms with van der Waals surface area (Å²) in [6, 6.07) is 8.34. The van der Waals surface area contributed by atoms with Crippen LogP contribution in [-0.4, -0.2) is 18.6 Å². The predicted molar refractivity (Wildman–Crippen MR) is 84.5 cm³/mol. The predicted octanol–water partition coefficient (Wildman–Crippen LogP) is 4.11. The Hall–Kier alpha value is -0.710. The molecular formula is C15H17BrN2S. The highest BCUT2D eigenvalue weighted by Gasteiger charge is 2.42. The summed E-state index contributed by atoms with van der Waals surface area (Å²) in [5, 5.41) is 6.75. The van der Waals surface area contributed by atoms with E-state index in [1.165, 1.54) is 23.4 Å². The molecule has 0 aliphatic heterocycles. The van der Waals surface area contributed by atoms with E-state index in [1.54, 1.807) is 11.3 Å². The smallest absolute Gasteiger partial charge is 0.0938 e. The van der Waals surface area contributed by atoms with Gasteiger partial charge in [0.15, 0.2) is 0 Å². The van der Waals surface area contributed by atoms with Crippen LogP contribution < -0.4 is 5.32 Å². The molecule has 1 N–H and O–H groups in total. The van der Waals surface area contributed by atoms with Crippen molar-refractivity contribution in [2.24, 2.45) is 5.41 Å². The number of hydrogen-bond acceptors (Lipinski definition) is 3. The third-order valence-electron chi connectivity index (χ3n) is 3.71. The maximum atomic E-state index is 4.80. The monoisotopic (exact) mass is 336 g/mol. The van der Waals surface area contributed by atoms with E-state index in [1.807, 2.05) is 13.1 Å². The lowest BCUT2D eigenvalue weighted by molar-refractivity contribution is 0.477. The van der Waals surface area contributed by atoms with Gasteiger partial charge in [-0.1, -0.05) is 28.1 Å². The molecule has 0 amide bonds. The highest BCUT2D eigenvalue weighted by molar-refractivity contribution is 9.10. The number of aromatic nitrogens is 1. The molecule has 1 aliphatic carbocycles. The molecule has 2 aromatic rings. The van der Waals surface area contributed by atoms with Crippen molar-refractivity contribution in [3.05, 3.63) is 39.1 Å². The molecule has 3 rings (SSSR count). The quantitative estimate of drug-likeness (QED) is 0.888. The van der Waals surface area contributed by atoms with Crippen molar-refractivity contribution < 1.29 is 0 Å². The molecule has 0 saturated heterocycles. The molecular weight excluding hydrogens is 320 g/mol. The van der Waals surface area contributed by atoms with Crippen molar-refractivity contribution >= 4 is 27.3 Å². The molecule has 100 valence electrons. The summed E-state index contributed by atoms with van der Waals surface area (Å²) < 4.78 is 1.10. The summed E-state index contributed by atoms with van der Waals surface area (Å²) in [6.07, 6.45) is 3.78. The lowest BCUT2D eigenvalue weighted by Gasteiger charge is -2.11. The molecule has 2 nitrogen and oxygen atoms in total. The van der Waals surface area contributed by atoms with Crippen LogP contribution in [0.4, 0.5) is 0 Å². The van der Waals surface area contributed by atoms with Crippen LogP contribution in [0.15, 0.2) is 34.1 Å². The van der Waals surface area contributed by atoms with Crippen LogP contribution in [0.5, 0.6) is 0 Å². The van der Waals surface area contributed by atoms with Gasteiger partial charge in [0.05, 0.1) is 10.7 Å². The summed E-state index contributed by atoms with van der Waals surface area (Å²) >= 11 is 5.30. The van der Waals surface area contributed by atoms with Crippen molar-refractivity contribution in [2.45, 2.75) is 19.3 Å². The van der Waals surface area contributed by atoms with Crippen LogP contribution in [0, 0.1) is 5.41 Å². The Morgan fingerprint density at radius 3 is 2.95 bits per heavy atom. The number of nitrogens with zero attached hydrogens (tertiary/aromatic N) is 1. The van der Waals surface area contributed by atoms with Crippen molar-refractivity contribution in [2.75, 3.05) is 13.6 Å². The molecule has 1 fully saturated rings. The highest BCUT2D eigenvalue weighted by Crippen LogP contribution is 2.48. The molecule has 1 aromatic carbocycles. The SMILES string of the molecule is CNCC1(Cc2nc(-c3cccc(Br)c3)cs2)CC1. The topological polar surface area (TPSA) is 24.9 Å². The Morgan fingerprint density at radius 2 is 2.26 bits per heavy atom. The minimum Gasteiger partial charge on any atom is -0.319 e. The molecule has 1 aliphatic rings. The molecule has 1 aromatic heterocycles. The fourth-order valence-corrected chi connectivity index (χ4v) is 3.84. The van der Waals surface area contributed by atoms with Crippen LogP contribution in [0.3, 0.4) is 0 Å². The van der Waals surface area contributed by atoms with E-state index in [0.29, 0.717) is 5.41 Å². The van der Waals surface area contributed by atoms with E-state index in [4.69, 9.17) is 4.98 Å². The van der Waals surface area contributed by atoms with Gasteiger partial charge in [-0.05, 0) is 37.4 Å². The largest absolute Gasteiger partial charge is 0.319 e. The van der Waals surface area contributed by atoms with Gasteiger partial charge in [0, 0.05) is 28.4 Å². The van der Waals surface area contributed by atoms with Gasteiger partial charge in [0.2, 0.25) is 0 Å². The van der Waals surface area contributed by atoms with Gasteiger partial charge in [-0.15, -0.1) is 11.3 Å². The minimum atomic E-state index is 0.487. The van der Waals surface area contributed by atoms with Gasteiger partial charge in [0.1, 0.15) is 0 Å². The summed E-state index contributed by atoms with van der Waals surface area (Å²) in [4.78, 5) is 4.80. The Balaban J connectivity index is 1.76. The Bertz CT molecular complexity index is 575. The Labute approximate surface area is 126 Å². The minimum absolute atomic E-state index is 0.487. The maximum absolute atomic E-state index is 4.80. The molecule has 4 heteroatoms.